The van der Waals surface area contributed by atoms with Crippen LogP contribution in [0, 0.1) is 5.95 Å². The van der Waals surface area contributed by atoms with Crippen molar-refractivity contribution in [2.75, 3.05) is 6.61 Å². The second kappa shape index (κ2) is 3.87. The van der Waals surface area contributed by atoms with Gasteiger partial charge < -0.3 is 4.74 Å². The molecular weight excluding hydrogens is 207 g/mol. The van der Waals surface area contributed by atoms with Crippen LogP contribution in [0.25, 0.3) is 10.9 Å². The molecule has 3 rings (SSSR count). The summed E-state index contributed by atoms with van der Waals surface area (Å²) in [5, 5.41) is 4.50. The highest BCUT2D eigenvalue weighted by molar-refractivity contribution is 5.79. The Balaban J connectivity index is 2.08. The van der Waals surface area contributed by atoms with Crippen LogP contribution >= 0.6 is 0 Å². The predicted molar refractivity (Wildman–Crippen MR) is 58.5 cm³/mol. The van der Waals surface area contributed by atoms with E-state index in [0.29, 0.717) is 5.39 Å². The number of benzene rings is 1. The molecule has 0 radical (unpaired) electrons. The summed E-state index contributed by atoms with van der Waals surface area (Å²) < 4.78 is 20.9. The molecule has 4 heteroatoms. The Hall–Kier alpha value is -1.42. The second-order valence-electron chi connectivity index (χ2n) is 4.07. The summed E-state index contributed by atoms with van der Waals surface area (Å²) >= 11 is 0. The lowest BCUT2D eigenvalue weighted by Gasteiger charge is -2.23. The number of nitrogens with zero attached hydrogens (tertiary/aromatic N) is 2. The number of fused-ring (bicyclic) bond motifs is 1. The molecular formula is C12H13FN2O. The van der Waals surface area contributed by atoms with Gasteiger partial charge in [-0.2, -0.15) is 4.39 Å². The lowest BCUT2D eigenvalue weighted by molar-refractivity contribution is -0.0375. The summed E-state index contributed by atoms with van der Waals surface area (Å²) in [6.07, 6.45) is 2.99. The van der Waals surface area contributed by atoms with Crippen LogP contribution in [0.3, 0.4) is 0 Å². The van der Waals surface area contributed by atoms with Crippen LogP contribution in [0.1, 0.15) is 25.5 Å². The topological polar surface area (TPSA) is 27.1 Å². The maximum atomic E-state index is 13.6. The average Bonchev–Trinajstić information content (AvgIpc) is 2.69. The number of hydrogen-bond acceptors (Lipinski definition) is 2. The zero-order chi connectivity index (χ0) is 11.0. The maximum Gasteiger partial charge on any atom is 0.240 e. The Labute approximate surface area is 92.8 Å². The molecule has 2 aromatic rings. The number of rotatable bonds is 1. The fraction of sp³-hybridized carbons (Fsp3) is 0.417. The Bertz CT molecular complexity index is 503. The van der Waals surface area contributed by atoms with Crippen LogP contribution in [-0.4, -0.2) is 16.4 Å². The Morgan fingerprint density at radius 3 is 3.00 bits per heavy atom. The number of para-hydroxylation sites is 1. The van der Waals surface area contributed by atoms with Crippen molar-refractivity contribution in [3.63, 3.8) is 0 Å². The van der Waals surface area contributed by atoms with Crippen molar-refractivity contribution in [1.29, 1.82) is 0 Å². The van der Waals surface area contributed by atoms with Crippen LogP contribution in [-0.2, 0) is 4.74 Å². The van der Waals surface area contributed by atoms with Gasteiger partial charge >= 0.3 is 0 Å². The van der Waals surface area contributed by atoms with E-state index in [4.69, 9.17) is 4.74 Å². The second-order valence-corrected chi connectivity index (χ2v) is 4.07. The van der Waals surface area contributed by atoms with Crippen LogP contribution in [0.15, 0.2) is 24.3 Å². The molecule has 0 unspecified atom stereocenters. The third kappa shape index (κ3) is 1.50. The number of ether oxygens (including phenoxy) is 1. The van der Waals surface area contributed by atoms with Crippen molar-refractivity contribution < 1.29 is 9.13 Å². The predicted octanol–water partition coefficient (Wildman–Crippen LogP) is 2.87. The van der Waals surface area contributed by atoms with E-state index in [0.717, 1.165) is 31.4 Å². The summed E-state index contributed by atoms with van der Waals surface area (Å²) in [6, 6.07) is 7.34. The first-order valence-corrected chi connectivity index (χ1v) is 5.60. The summed E-state index contributed by atoms with van der Waals surface area (Å²) in [7, 11) is 0. The fourth-order valence-corrected chi connectivity index (χ4v) is 2.19. The molecule has 0 amide bonds. The number of hydrogen-bond donors (Lipinski definition) is 0. The van der Waals surface area contributed by atoms with Gasteiger partial charge in [0, 0.05) is 6.61 Å². The average molecular weight is 220 g/mol. The van der Waals surface area contributed by atoms with E-state index < -0.39 is 5.95 Å². The highest BCUT2D eigenvalue weighted by Gasteiger charge is 2.20. The van der Waals surface area contributed by atoms with E-state index in [-0.39, 0.29) is 6.23 Å². The van der Waals surface area contributed by atoms with Crippen LogP contribution in [0.5, 0.6) is 0 Å². The molecule has 1 saturated heterocycles. The smallest absolute Gasteiger partial charge is 0.240 e. The minimum absolute atomic E-state index is 0.108. The third-order valence-corrected chi connectivity index (χ3v) is 3.00. The first-order valence-electron chi connectivity index (χ1n) is 5.60. The molecule has 1 atom stereocenters. The third-order valence-electron chi connectivity index (χ3n) is 3.00. The van der Waals surface area contributed by atoms with E-state index in [1.165, 1.54) is 0 Å². The van der Waals surface area contributed by atoms with Gasteiger partial charge in [0.25, 0.3) is 0 Å². The minimum Gasteiger partial charge on any atom is -0.356 e. The van der Waals surface area contributed by atoms with Gasteiger partial charge in [-0.25, -0.2) is 4.68 Å². The molecule has 0 aliphatic carbocycles. The molecule has 2 heterocycles. The van der Waals surface area contributed by atoms with Crippen molar-refractivity contribution in [3.05, 3.63) is 30.2 Å². The Kier molecular flexibility index (Phi) is 2.36. The van der Waals surface area contributed by atoms with Crippen molar-refractivity contribution in [3.8, 4) is 0 Å². The Morgan fingerprint density at radius 1 is 1.31 bits per heavy atom. The first-order chi connectivity index (χ1) is 7.86. The summed E-state index contributed by atoms with van der Waals surface area (Å²) in [5.74, 6) is -0.412. The van der Waals surface area contributed by atoms with Gasteiger partial charge in [-0.3, -0.25) is 0 Å². The zero-order valence-corrected chi connectivity index (χ0v) is 8.90. The molecule has 16 heavy (non-hydrogen) atoms. The number of halogens is 1. The van der Waals surface area contributed by atoms with Gasteiger partial charge in [-0.1, -0.05) is 12.1 Å². The van der Waals surface area contributed by atoms with E-state index >= 15 is 0 Å². The van der Waals surface area contributed by atoms with Gasteiger partial charge in [0.05, 0.1) is 10.9 Å². The largest absolute Gasteiger partial charge is 0.356 e. The molecule has 1 fully saturated rings. The molecule has 1 aromatic carbocycles. The summed E-state index contributed by atoms with van der Waals surface area (Å²) in [4.78, 5) is 0. The molecule has 1 aliphatic rings. The van der Waals surface area contributed by atoms with Crippen molar-refractivity contribution in [1.82, 2.24) is 9.78 Å². The summed E-state index contributed by atoms with van der Waals surface area (Å²) in [5.41, 5.74) is 0.812. The molecule has 0 spiro atoms. The van der Waals surface area contributed by atoms with E-state index in [1.54, 1.807) is 10.7 Å². The molecule has 84 valence electrons. The van der Waals surface area contributed by atoms with Crippen LogP contribution in [0.2, 0.25) is 0 Å². The molecule has 1 aromatic heterocycles. The van der Waals surface area contributed by atoms with Crippen molar-refractivity contribution in [2.45, 2.75) is 25.5 Å². The van der Waals surface area contributed by atoms with E-state index in [1.807, 2.05) is 18.2 Å². The van der Waals surface area contributed by atoms with E-state index in [9.17, 15) is 4.39 Å². The molecule has 3 nitrogen and oxygen atoms in total. The molecule has 0 saturated carbocycles. The monoisotopic (exact) mass is 220 g/mol. The molecule has 0 bridgehead atoms. The molecule has 0 N–H and O–H groups in total. The van der Waals surface area contributed by atoms with Crippen molar-refractivity contribution in [2.24, 2.45) is 0 Å². The van der Waals surface area contributed by atoms with Crippen molar-refractivity contribution >= 4 is 10.9 Å². The fourth-order valence-electron chi connectivity index (χ4n) is 2.19. The van der Waals surface area contributed by atoms with Gasteiger partial charge in [0.1, 0.15) is 0 Å². The lowest BCUT2D eigenvalue weighted by Crippen LogP contribution is -2.19. The Morgan fingerprint density at radius 2 is 2.19 bits per heavy atom. The van der Waals surface area contributed by atoms with Gasteiger partial charge in [0.15, 0.2) is 6.23 Å². The first kappa shape index (κ1) is 9.78. The highest BCUT2D eigenvalue weighted by atomic mass is 19.1. The standard InChI is InChI=1S/C12H13FN2O/c13-12-9-5-1-2-6-10(9)15(14-12)11-7-3-4-8-16-11/h1-2,5-6,11H,3-4,7-8H2/t11-/m1/s1. The van der Waals surface area contributed by atoms with Gasteiger partial charge in [-0.05, 0) is 31.4 Å². The van der Waals surface area contributed by atoms with Crippen LogP contribution < -0.4 is 0 Å². The normalized spacial score (nSPS) is 21.4. The minimum atomic E-state index is -0.412. The summed E-state index contributed by atoms with van der Waals surface area (Å²) in [6.45, 7) is 0.737. The number of aromatic nitrogens is 2. The van der Waals surface area contributed by atoms with Gasteiger partial charge in [-0.15, -0.1) is 5.10 Å². The van der Waals surface area contributed by atoms with E-state index in [2.05, 4.69) is 5.10 Å². The zero-order valence-electron chi connectivity index (χ0n) is 8.90. The SMILES string of the molecule is Fc1nn([C@H]2CCCCO2)c2ccccc12. The molecule has 1 aliphatic heterocycles. The highest BCUT2D eigenvalue weighted by Crippen LogP contribution is 2.27. The van der Waals surface area contributed by atoms with Gasteiger partial charge in [0.2, 0.25) is 5.95 Å². The maximum absolute atomic E-state index is 13.6. The van der Waals surface area contributed by atoms with Crippen LogP contribution in [0.4, 0.5) is 4.39 Å². The lowest BCUT2D eigenvalue weighted by atomic mass is 10.2. The quantitative estimate of drug-likeness (QED) is 0.738.